The molecule has 4 aliphatic rings. The van der Waals surface area contributed by atoms with Crippen LogP contribution in [-0.4, -0.2) is 143 Å². The SMILES string of the molecule is C.C[C@@H](C(=O)N[C@H](C(=O)N1CCC[C@H]1c1nc(-c2cc(=O)[nH]c3ccccc23)cs1)C1CCCCC1)N(C)C(=O)OC(C)(C)C.C[C@@H](C(=O)O)N(C)C(=O)OC(C)(C)C.Cl.N[C@H](C(=O)N1CCC[C@H]1c1nc(-c2cc(=O)[nH]c3ccccc23)cs1)C1CCCCC1. The first-order valence-corrected chi connectivity index (χ1v) is 32.9. The number of benzene rings is 2. The number of carboxylic acids is 1. The van der Waals surface area contributed by atoms with Crippen molar-refractivity contribution in [3.8, 4) is 22.5 Å². The van der Waals surface area contributed by atoms with Gasteiger partial charge in [-0.15, -0.1) is 35.1 Å². The lowest BCUT2D eigenvalue weighted by Crippen LogP contribution is -2.56. The molecule has 496 valence electrons. The normalized spacial score (nSPS) is 18.4. The number of fused-ring (bicyclic) bond motifs is 2. The minimum atomic E-state index is -1.06. The van der Waals surface area contributed by atoms with Gasteiger partial charge in [0.2, 0.25) is 28.8 Å². The number of amides is 5. The van der Waals surface area contributed by atoms with Gasteiger partial charge in [0.05, 0.1) is 29.5 Å². The Morgan fingerprint density at radius 2 is 1.03 bits per heavy atom. The molecular formula is C67H93ClN10O11S2. The Labute approximate surface area is 547 Å². The molecule has 6 aromatic rings. The number of likely N-dealkylation sites (tertiary alicyclic amines) is 2. The van der Waals surface area contributed by atoms with Gasteiger partial charge in [-0.2, -0.15) is 0 Å². The van der Waals surface area contributed by atoms with E-state index in [1.165, 1.54) is 56.5 Å². The number of carbonyl (C=O) groups excluding carboxylic acids is 5. The molecule has 24 heteroatoms. The largest absolute Gasteiger partial charge is 0.480 e. The van der Waals surface area contributed by atoms with E-state index in [2.05, 4.69) is 15.3 Å². The number of rotatable bonds is 13. The Morgan fingerprint density at radius 3 is 1.46 bits per heavy atom. The molecule has 4 aromatic heterocycles. The number of H-pyrrole nitrogens is 2. The van der Waals surface area contributed by atoms with Crippen LogP contribution in [-0.2, 0) is 28.7 Å². The Bertz CT molecular complexity index is 3600. The van der Waals surface area contributed by atoms with E-state index in [0.717, 1.165) is 131 Å². The molecule has 0 bridgehead atoms. The van der Waals surface area contributed by atoms with Crippen LogP contribution in [0.15, 0.2) is 81.0 Å². The molecule has 0 radical (unpaired) electrons. The number of halogens is 1. The monoisotopic (exact) mass is 1310 g/mol. The minimum Gasteiger partial charge on any atom is -0.480 e. The van der Waals surface area contributed by atoms with Gasteiger partial charge in [-0.25, -0.2) is 24.4 Å². The molecule has 4 fully saturated rings. The molecule has 2 aliphatic heterocycles. The maximum absolute atomic E-state index is 14.3. The number of aromatic nitrogens is 4. The first-order chi connectivity index (χ1) is 42.2. The van der Waals surface area contributed by atoms with Crippen LogP contribution in [0.1, 0.15) is 175 Å². The molecule has 0 unspecified atom stereocenters. The molecule has 6 heterocycles. The highest BCUT2D eigenvalue weighted by Gasteiger charge is 2.42. The zero-order chi connectivity index (χ0) is 64.5. The summed E-state index contributed by atoms with van der Waals surface area (Å²) in [6.45, 7) is 14.9. The Hall–Kier alpha value is -7.21. The maximum atomic E-state index is 14.3. The average Bonchev–Trinajstić information content (AvgIpc) is 1.76. The van der Waals surface area contributed by atoms with Crippen molar-refractivity contribution in [2.75, 3.05) is 27.2 Å². The highest BCUT2D eigenvalue weighted by Crippen LogP contribution is 2.40. The molecule has 2 saturated heterocycles. The first kappa shape index (κ1) is 72.8. The summed E-state index contributed by atoms with van der Waals surface area (Å²) in [6.07, 6.45) is 12.9. The summed E-state index contributed by atoms with van der Waals surface area (Å²) in [4.78, 5) is 122. The van der Waals surface area contributed by atoms with Crippen LogP contribution in [0.5, 0.6) is 0 Å². The van der Waals surface area contributed by atoms with Gasteiger partial charge >= 0.3 is 18.2 Å². The fraction of sp³-hybridized carbons (Fsp3) is 0.552. The molecule has 2 saturated carbocycles. The number of ether oxygens (including phenoxy) is 2. The van der Waals surface area contributed by atoms with Crippen molar-refractivity contribution in [1.82, 2.24) is 44.9 Å². The standard InChI is InChI=1S/C33H43N5O5S.C24H28N4O2S.C9H17NO4.CH4.ClH/c1-20(37(5)32(42)43-33(2,3)4)29(40)36-28(21-12-7-6-8-13-21)31(41)38-17-11-16-26(38)30-35-25(19-44-30)23-18-27(39)34-24-15-10-9-14-22(23)24;25-22(15-7-2-1-3-8-15)24(30)28-12-6-11-20(28)23-27-19(14-31-23)17-13-21(29)26-18-10-5-4-9-16(17)18;1-6(7(11)12)10(5)8(13)14-9(2,3)4;;/h9-10,14-15,18-21,26,28H,6-8,11-13,16-17H2,1-5H3,(H,34,39)(H,36,40);4-5,9-10,13-15,20,22H,1-3,6-8,11-12,25H2,(H,26,29);6H,1-5H3,(H,11,12);1H4;1H/t20-,26-,28-;20-,22-;6-;;/m000../s1. The van der Waals surface area contributed by atoms with Gasteiger partial charge in [0.15, 0.2) is 0 Å². The zero-order valence-electron chi connectivity index (χ0n) is 53.4. The van der Waals surface area contributed by atoms with Gasteiger partial charge in [0.25, 0.3) is 0 Å². The maximum Gasteiger partial charge on any atom is 0.410 e. The van der Waals surface area contributed by atoms with Crippen molar-refractivity contribution >= 4 is 92.8 Å². The number of nitrogens with one attached hydrogen (secondary N) is 3. The number of aromatic amines is 2. The lowest BCUT2D eigenvalue weighted by atomic mass is 9.83. The summed E-state index contributed by atoms with van der Waals surface area (Å²) in [5.41, 5.74) is 9.46. The van der Waals surface area contributed by atoms with E-state index in [0.29, 0.717) is 18.2 Å². The number of pyridine rings is 2. The molecule has 6 atom stereocenters. The van der Waals surface area contributed by atoms with E-state index >= 15 is 0 Å². The quantitative estimate of drug-likeness (QED) is 0.0719. The number of nitrogens with zero attached hydrogens (tertiary/aromatic N) is 6. The Morgan fingerprint density at radius 1 is 0.626 bits per heavy atom. The molecule has 10 rings (SSSR count). The van der Waals surface area contributed by atoms with E-state index in [1.54, 1.807) is 71.9 Å². The van der Waals surface area contributed by atoms with E-state index in [9.17, 15) is 38.4 Å². The summed E-state index contributed by atoms with van der Waals surface area (Å²) in [5.74, 6) is -1.13. The van der Waals surface area contributed by atoms with Gasteiger partial charge in [-0.05, 0) is 131 Å². The van der Waals surface area contributed by atoms with Gasteiger partial charge < -0.3 is 45.4 Å². The lowest BCUT2D eigenvalue weighted by molar-refractivity contribution is -0.142. The van der Waals surface area contributed by atoms with E-state index in [-0.39, 0.29) is 66.7 Å². The number of hydrogen-bond donors (Lipinski definition) is 5. The van der Waals surface area contributed by atoms with Crippen molar-refractivity contribution in [2.45, 2.75) is 200 Å². The number of thiazole rings is 2. The van der Waals surface area contributed by atoms with Crippen LogP contribution in [0, 0.1) is 11.8 Å². The van der Waals surface area contributed by atoms with Gasteiger partial charge in [0, 0.05) is 83.0 Å². The minimum absolute atomic E-state index is 0. The van der Waals surface area contributed by atoms with Crippen molar-refractivity contribution in [3.63, 3.8) is 0 Å². The van der Waals surface area contributed by atoms with Crippen molar-refractivity contribution < 1.29 is 43.3 Å². The topological polar surface area (TPSA) is 284 Å². The molecule has 2 aliphatic carbocycles. The predicted octanol–water partition coefficient (Wildman–Crippen LogP) is 12.2. The van der Waals surface area contributed by atoms with E-state index in [4.69, 9.17) is 30.3 Å². The number of para-hydroxylation sites is 2. The van der Waals surface area contributed by atoms with Crippen LogP contribution in [0.2, 0.25) is 0 Å². The highest BCUT2D eigenvalue weighted by molar-refractivity contribution is 7.10. The number of hydrogen-bond acceptors (Lipinski definition) is 15. The van der Waals surface area contributed by atoms with E-state index < -0.39 is 53.5 Å². The molecule has 5 amide bonds. The third-order valence-corrected chi connectivity index (χ3v) is 19.0. The molecule has 91 heavy (non-hydrogen) atoms. The fourth-order valence-electron chi connectivity index (χ4n) is 12.0. The number of aliphatic carboxylic acids is 1. The van der Waals surface area contributed by atoms with Gasteiger partial charge in [0.1, 0.15) is 39.3 Å². The van der Waals surface area contributed by atoms with Crippen LogP contribution in [0.4, 0.5) is 9.59 Å². The summed E-state index contributed by atoms with van der Waals surface area (Å²) >= 11 is 3.06. The molecule has 6 N–H and O–H groups in total. The molecule has 2 aromatic carbocycles. The van der Waals surface area contributed by atoms with Gasteiger partial charge in [-0.1, -0.05) is 82.3 Å². The summed E-state index contributed by atoms with van der Waals surface area (Å²) < 4.78 is 10.4. The van der Waals surface area contributed by atoms with Gasteiger partial charge in [-0.3, -0.25) is 33.8 Å². The third kappa shape index (κ3) is 18.5. The average molecular weight is 1310 g/mol. The van der Waals surface area contributed by atoms with Crippen LogP contribution in [0.25, 0.3) is 44.3 Å². The van der Waals surface area contributed by atoms with Crippen LogP contribution >= 0.6 is 35.1 Å². The smallest absolute Gasteiger partial charge is 0.410 e. The number of nitrogens with two attached hydrogens (primary N) is 1. The number of carboxylic acid groups (broad SMARTS) is 1. The molecule has 0 spiro atoms. The van der Waals surface area contributed by atoms with E-state index in [1.807, 2.05) is 69.1 Å². The fourth-order valence-corrected chi connectivity index (χ4v) is 14.0. The number of carbonyl (C=O) groups is 6. The molecular weight excluding hydrogens is 1220 g/mol. The summed E-state index contributed by atoms with van der Waals surface area (Å²) in [6, 6.07) is 15.6. The predicted molar refractivity (Wildman–Crippen MR) is 360 cm³/mol. The lowest BCUT2D eigenvalue weighted by Gasteiger charge is -2.36. The Balaban J connectivity index is 0.000000243. The second-order valence-electron chi connectivity index (χ2n) is 25.9. The first-order valence-electron chi connectivity index (χ1n) is 31.2. The van der Waals surface area contributed by atoms with Crippen LogP contribution in [0.3, 0.4) is 0 Å². The summed E-state index contributed by atoms with van der Waals surface area (Å²) in [7, 11) is 2.93. The number of likely N-dealkylation sites (N-methyl/N-ethyl adjacent to an activating group) is 2. The molecule has 21 nitrogen and oxygen atoms in total. The highest BCUT2D eigenvalue weighted by atomic mass is 35.5. The third-order valence-electron chi connectivity index (χ3n) is 17.1. The van der Waals surface area contributed by atoms with Crippen molar-refractivity contribution in [3.05, 3.63) is 102 Å². The second-order valence-corrected chi connectivity index (χ2v) is 27.7. The zero-order valence-corrected chi connectivity index (χ0v) is 55.8. The van der Waals surface area contributed by atoms with Crippen molar-refractivity contribution in [1.29, 1.82) is 0 Å². The summed E-state index contributed by atoms with van der Waals surface area (Å²) in [5, 5.41) is 19.3. The Kier molecular flexibility index (Phi) is 25.5. The van der Waals surface area contributed by atoms with Crippen molar-refractivity contribution in [2.24, 2.45) is 17.6 Å². The second kappa shape index (κ2) is 31.9. The van der Waals surface area contributed by atoms with Crippen LogP contribution < -0.4 is 22.2 Å².